The van der Waals surface area contributed by atoms with Gasteiger partial charge in [0.1, 0.15) is 0 Å². The van der Waals surface area contributed by atoms with Gasteiger partial charge < -0.3 is 23.9 Å². The SMILES string of the molecule is O=C(c1ccc(N2CCN(C(=O)c3ccco3)CC2)nn1)N1CCOCC1. The largest absolute Gasteiger partial charge is 0.459 e. The monoisotopic (exact) mass is 371 g/mol. The van der Waals surface area contributed by atoms with Crippen LogP contribution < -0.4 is 4.90 Å². The molecule has 0 radical (unpaired) electrons. The molecule has 27 heavy (non-hydrogen) atoms. The fourth-order valence-electron chi connectivity index (χ4n) is 3.23. The second kappa shape index (κ2) is 7.75. The molecule has 2 saturated heterocycles. The van der Waals surface area contributed by atoms with Gasteiger partial charge in [0.2, 0.25) is 0 Å². The summed E-state index contributed by atoms with van der Waals surface area (Å²) >= 11 is 0. The van der Waals surface area contributed by atoms with Crippen LogP contribution in [0.2, 0.25) is 0 Å². The Morgan fingerprint density at radius 2 is 1.59 bits per heavy atom. The number of ether oxygens (including phenoxy) is 1. The Bertz CT molecular complexity index is 779. The number of amides is 2. The Morgan fingerprint density at radius 1 is 0.852 bits per heavy atom. The minimum Gasteiger partial charge on any atom is -0.459 e. The Hall–Kier alpha value is -2.94. The number of morpholine rings is 1. The molecule has 9 nitrogen and oxygen atoms in total. The van der Waals surface area contributed by atoms with Gasteiger partial charge >= 0.3 is 0 Å². The van der Waals surface area contributed by atoms with E-state index in [2.05, 4.69) is 15.1 Å². The van der Waals surface area contributed by atoms with E-state index in [4.69, 9.17) is 9.15 Å². The first-order valence-electron chi connectivity index (χ1n) is 9.01. The van der Waals surface area contributed by atoms with E-state index < -0.39 is 0 Å². The quantitative estimate of drug-likeness (QED) is 0.776. The molecule has 142 valence electrons. The number of carbonyl (C=O) groups excluding carboxylic acids is 2. The Labute approximate surface area is 156 Å². The maximum atomic E-state index is 12.4. The van der Waals surface area contributed by atoms with E-state index in [0.717, 1.165) is 0 Å². The summed E-state index contributed by atoms with van der Waals surface area (Å²) in [5.74, 6) is 0.844. The number of rotatable bonds is 3. The van der Waals surface area contributed by atoms with Crippen molar-refractivity contribution >= 4 is 17.6 Å². The molecule has 2 fully saturated rings. The van der Waals surface area contributed by atoms with E-state index in [1.165, 1.54) is 6.26 Å². The lowest BCUT2D eigenvalue weighted by molar-refractivity contribution is 0.0298. The highest BCUT2D eigenvalue weighted by atomic mass is 16.5. The number of furan rings is 1. The highest BCUT2D eigenvalue weighted by Crippen LogP contribution is 2.15. The topological polar surface area (TPSA) is 92.0 Å². The Morgan fingerprint density at radius 3 is 2.22 bits per heavy atom. The molecular weight excluding hydrogens is 350 g/mol. The normalized spacial score (nSPS) is 17.9. The van der Waals surface area contributed by atoms with Crippen LogP contribution in [0.25, 0.3) is 0 Å². The minimum absolute atomic E-state index is 0.0998. The highest BCUT2D eigenvalue weighted by molar-refractivity contribution is 5.92. The van der Waals surface area contributed by atoms with Gasteiger partial charge in [0.05, 0.1) is 19.5 Å². The molecule has 0 aromatic carbocycles. The van der Waals surface area contributed by atoms with Crippen LogP contribution in [0, 0.1) is 0 Å². The smallest absolute Gasteiger partial charge is 0.289 e. The second-order valence-electron chi connectivity index (χ2n) is 6.44. The molecule has 2 aliphatic rings. The van der Waals surface area contributed by atoms with Gasteiger partial charge in [-0.15, -0.1) is 10.2 Å². The van der Waals surface area contributed by atoms with Crippen molar-refractivity contribution in [2.45, 2.75) is 0 Å². The van der Waals surface area contributed by atoms with Gasteiger partial charge in [-0.1, -0.05) is 0 Å². The molecule has 0 saturated carbocycles. The van der Waals surface area contributed by atoms with Crippen LogP contribution in [0.15, 0.2) is 34.9 Å². The lowest BCUT2D eigenvalue weighted by atomic mass is 10.2. The van der Waals surface area contributed by atoms with Gasteiger partial charge in [0.15, 0.2) is 17.3 Å². The fourth-order valence-corrected chi connectivity index (χ4v) is 3.23. The average Bonchev–Trinajstić information content (AvgIpc) is 3.28. The summed E-state index contributed by atoms with van der Waals surface area (Å²) in [7, 11) is 0. The Balaban J connectivity index is 1.34. The predicted molar refractivity (Wildman–Crippen MR) is 95.6 cm³/mol. The minimum atomic E-state index is -0.119. The molecule has 2 aromatic heterocycles. The lowest BCUT2D eigenvalue weighted by Gasteiger charge is -2.34. The van der Waals surface area contributed by atoms with Gasteiger partial charge in [0, 0.05) is 39.3 Å². The van der Waals surface area contributed by atoms with Crippen molar-refractivity contribution < 1.29 is 18.7 Å². The van der Waals surface area contributed by atoms with Crippen molar-refractivity contribution in [1.29, 1.82) is 0 Å². The third kappa shape index (κ3) is 3.77. The fraction of sp³-hybridized carbons (Fsp3) is 0.444. The van der Waals surface area contributed by atoms with E-state index in [-0.39, 0.29) is 11.8 Å². The molecule has 2 aliphatic heterocycles. The van der Waals surface area contributed by atoms with Crippen LogP contribution in [0.1, 0.15) is 21.0 Å². The van der Waals surface area contributed by atoms with Crippen LogP contribution in [-0.4, -0.2) is 84.3 Å². The molecule has 0 N–H and O–H groups in total. The number of anilines is 1. The number of piperazine rings is 1. The zero-order valence-electron chi connectivity index (χ0n) is 14.9. The zero-order valence-corrected chi connectivity index (χ0v) is 14.9. The van der Waals surface area contributed by atoms with Crippen molar-refractivity contribution in [3.8, 4) is 0 Å². The lowest BCUT2D eigenvalue weighted by Crippen LogP contribution is -2.49. The van der Waals surface area contributed by atoms with E-state index in [9.17, 15) is 9.59 Å². The summed E-state index contributed by atoms with van der Waals surface area (Å²) in [4.78, 5) is 30.3. The van der Waals surface area contributed by atoms with Crippen LogP contribution in [-0.2, 0) is 4.74 Å². The molecule has 2 aromatic rings. The number of aromatic nitrogens is 2. The maximum absolute atomic E-state index is 12.4. The van der Waals surface area contributed by atoms with Crippen LogP contribution >= 0.6 is 0 Å². The van der Waals surface area contributed by atoms with Gasteiger partial charge in [-0.05, 0) is 24.3 Å². The summed E-state index contributed by atoms with van der Waals surface area (Å²) in [6, 6.07) is 6.90. The zero-order chi connectivity index (χ0) is 18.6. The summed E-state index contributed by atoms with van der Waals surface area (Å²) < 4.78 is 10.4. The number of nitrogens with zero attached hydrogens (tertiary/aromatic N) is 5. The summed E-state index contributed by atoms with van der Waals surface area (Å²) in [6.45, 7) is 4.72. The molecule has 2 amide bonds. The first-order chi connectivity index (χ1) is 13.2. The van der Waals surface area contributed by atoms with Gasteiger partial charge in [-0.2, -0.15) is 0 Å². The van der Waals surface area contributed by atoms with Gasteiger partial charge in [-0.3, -0.25) is 9.59 Å². The van der Waals surface area contributed by atoms with E-state index in [0.29, 0.717) is 69.8 Å². The van der Waals surface area contributed by atoms with Gasteiger partial charge in [0.25, 0.3) is 11.8 Å². The first kappa shape index (κ1) is 17.5. The number of hydrogen-bond acceptors (Lipinski definition) is 7. The van der Waals surface area contributed by atoms with Crippen molar-refractivity contribution in [2.24, 2.45) is 0 Å². The molecule has 0 spiro atoms. The molecule has 4 rings (SSSR count). The van der Waals surface area contributed by atoms with E-state index in [1.807, 2.05) is 6.07 Å². The van der Waals surface area contributed by atoms with Crippen molar-refractivity contribution in [3.05, 3.63) is 42.0 Å². The van der Waals surface area contributed by atoms with Crippen molar-refractivity contribution in [3.63, 3.8) is 0 Å². The number of hydrogen-bond donors (Lipinski definition) is 0. The summed E-state index contributed by atoms with van der Waals surface area (Å²) in [5, 5.41) is 8.32. The summed E-state index contributed by atoms with van der Waals surface area (Å²) in [5.41, 5.74) is 0.340. The van der Waals surface area contributed by atoms with E-state index in [1.54, 1.807) is 28.0 Å². The van der Waals surface area contributed by atoms with Crippen molar-refractivity contribution in [1.82, 2.24) is 20.0 Å². The van der Waals surface area contributed by atoms with Crippen molar-refractivity contribution in [2.75, 3.05) is 57.4 Å². The predicted octanol–water partition coefficient (Wildman–Crippen LogP) is 0.504. The molecule has 0 unspecified atom stereocenters. The molecular formula is C18H21N5O4. The standard InChI is InChI=1S/C18H21N5O4/c24-17(23-9-12-26-13-10-23)14-3-4-16(20-19-14)21-5-7-22(8-6-21)18(25)15-2-1-11-27-15/h1-4,11H,5-10,12-13H2. The number of carbonyl (C=O) groups is 2. The molecule has 0 atom stereocenters. The van der Waals surface area contributed by atoms with Crippen LogP contribution in [0.5, 0.6) is 0 Å². The second-order valence-corrected chi connectivity index (χ2v) is 6.44. The van der Waals surface area contributed by atoms with E-state index >= 15 is 0 Å². The Kier molecular flexibility index (Phi) is 5.01. The third-order valence-electron chi connectivity index (χ3n) is 4.79. The maximum Gasteiger partial charge on any atom is 0.289 e. The van der Waals surface area contributed by atoms with Crippen LogP contribution in [0.3, 0.4) is 0 Å². The average molecular weight is 371 g/mol. The highest BCUT2D eigenvalue weighted by Gasteiger charge is 2.25. The summed E-state index contributed by atoms with van der Waals surface area (Å²) in [6.07, 6.45) is 1.50. The third-order valence-corrected chi connectivity index (χ3v) is 4.79. The molecule has 9 heteroatoms. The first-order valence-corrected chi connectivity index (χ1v) is 9.01. The van der Waals surface area contributed by atoms with Gasteiger partial charge in [-0.25, -0.2) is 0 Å². The molecule has 4 heterocycles. The molecule has 0 aliphatic carbocycles. The van der Waals surface area contributed by atoms with Crippen LogP contribution in [0.4, 0.5) is 5.82 Å². The molecule has 0 bridgehead atoms.